The fourth-order valence-corrected chi connectivity index (χ4v) is 3.26. The highest BCUT2D eigenvalue weighted by Gasteiger charge is 2.37. The van der Waals surface area contributed by atoms with Crippen molar-refractivity contribution in [3.8, 4) is 5.75 Å². The zero-order chi connectivity index (χ0) is 14.4. The second-order valence-corrected chi connectivity index (χ2v) is 6.78. The van der Waals surface area contributed by atoms with Crippen LogP contribution in [0.4, 0.5) is 0 Å². The number of thioether (sulfide) groups is 1. The minimum atomic E-state index is 0.0264. The summed E-state index contributed by atoms with van der Waals surface area (Å²) < 4.78 is 11.0. The van der Waals surface area contributed by atoms with Gasteiger partial charge in [-0.25, -0.2) is 0 Å². The van der Waals surface area contributed by atoms with Crippen molar-refractivity contribution in [2.24, 2.45) is 5.41 Å². The number of aliphatic hydroxyl groups is 1. The maximum atomic E-state index is 9.33. The number of aliphatic hydroxyl groups excluding tert-OH is 1. The van der Waals surface area contributed by atoms with Crippen LogP contribution in [0.2, 0.25) is 0 Å². The Kier molecular flexibility index (Phi) is 5.75. The lowest BCUT2D eigenvalue weighted by Gasteiger charge is -2.39. The van der Waals surface area contributed by atoms with Gasteiger partial charge in [-0.1, -0.05) is 12.1 Å². The maximum absolute atomic E-state index is 9.33. The molecule has 0 atom stereocenters. The Morgan fingerprint density at radius 2 is 2.15 bits per heavy atom. The van der Waals surface area contributed by atoms with Crippen molar-refractivity contribution in [1.29, 1.82) is 0 Å². The van der Waals surface area contributed by atoms with Crippen LogP contribution in [0.5, 0.6) is 5.75 Å². The molecule has 0 aliphatic carbocycles. The summed E-state index contributed by atoms with van der Waals surface area (Å²) in [5.74, 6) is 3.04. The van der Waals surface area contributed by atoms with Gasteiger partial charge in [0.1, 0.15) is 5.75 Å². The largest absolute Gasteiger partial charge is 0.493 e. The fourth-order valence-electron chi connectivity index (χ4n) is 2.11. The third-order valence-electron chi connectivity index (χ3n) is 3.59. The van der Waals surface area contributed by atoms with Gasteiger partial charge in [0.05, 0.1) is 26.4 Å². The Balaban J connectivity index is 1.61. The molecule has 0 aromatic heterocycles. The van der Waals surface area contributed by atoms with Gasteiger partial charge in [-0.2, -0.15) is 11.8 Å². The lowest BCUT2D eigenvalue weighted by Crippen LogP contribution is -2.47. The number of rotatable bonds is 8. The lowest BCUT2D eigenvalue weighted by molar-refractivity contribution is -0.121. The van der Waals surface area contributed by atoms with E-state index in [1.165, 1.54) is 11.1 Å². The van der Waals surface area contributed by atoms with E-state index in [1.54, 1.807) is 0 Å². The minimum absolute atomic E-state index is 0.0264. The molecule has 3 nitrogen and oxygen atoms in total. The Morgan fingerprint density at radius 1 is 1.35 bits per heavy atom. The quantitative estimate of drug-likeness (QED) is 0.749. The Labute approximate surface area is 125 Å². The van der Waals surface area contributed by atoms with Gasteiger partial charge in [-0.15, -0.1) is 0 Å². The van der Waals surface area contributed by atoms with Crippen LogP contribution in [0.3, 0.4) is 0 Å². The molecule has 2 rings (SSSR count). The molecule has 1 saturated heterocycles. The molecule has 0 radical (unpaired) electrons. The molecule has 20 heavy (non-hydrogen) atoms. The predicted octanol–water partition coefficient (Wildman–Crippen LogP) is 2.81. The highest BCUT2D eigenvalue weighted by Crippen LogP contribution is 2.31. The monoisotopic (exact) mass is 296 g/mol. The van der Waals surface area contributed by atoms with E-state index in [1.807, 2.05) is 11.8 Å². The van der Waals surface area contributed by atoms with Crippen molar-refractivity contribution >= 4 is 11.8 Å². The molecule has 0 bridgehead atoms. The third kappa shape index (κ3) is 4.14. The smallest absolute Gasteiger partial charge is 0.122 e. The van der Waals surface area contributed by atoms with Crippen molar-refractivity contribution in [1.82, 2.24) is 0 Å². The van der Waals surface area contributed by atoms with E-state index in [0.29, 0.717) is 13.2 Å². The Hall–Kier alpha value is -0.710. The van der Waals surface area contributed by atoms with Crippen LogP contribution >= 0.6 is 11.8 Å². The zero-order valence-electron chi connectivity index (χ0n) is 12.4. The molecule has 0 saturated carbocycles. The summed E-state index contributed by atoms with van der Waals surface area (Å²) in [4.78, 5) is 0. The molecular formula is C16H24O3S. The van der Waals surface area contributed by atoms with Gasteiger partial charge >= 0.3 is 0 Å². The summed E-state index contributed by atoms with van der Waals surface area (Å²) in [5.41, 5.74) is 2.45. The summed E-state index contributed by atoms with van der Waals surface area (Å²) in [6.45, 7) is 6.55. The fraction of sp³-hybridized carbons (Fsp3) is 0.625. The van der Waals surface area contributed by atoms with Crippen molar-refractivity contribution in [3.63, 3.8) is 0 Å². The molecule has 0 amide bonds. The van der Waals surface area contributed by atoms with Crippen LogP contribution in [0, 0.1) is 19.3 Å². The molecular weight excluding hydrogens is 272 g/mol. The summed E-state index contributed by atoms with van der Waals surface area (Å²) in [5, 5.41) is 9.33. The molecule has 4 heteroatoms. The Bertz CT molecular complexity index is 424. The first-order chi connectivity index (χ1) is 9.65. The third-order valence-corrected chi connectivity index (χ3v) is 4.99. The van der Waals surface area contributed by atoms with Crippen LogP contribution in [-0.4, -0.2) is 43.0 Å². The van der Waals surface area contributed by atoms with Gasteiger partial charge in [0, 0.05) is 11.2 Å². The molecule has 1 aliphatic rings. The van der Waals surface area contributed by atoms with Crippen molar-refractivity contribution < 1.29 is 14.6 Å². The van der Waals surface area contributed by atoms with Crippen LogP contribution < -0.4 is 4.74 Å². The normalized spacial score (nSPS) is 16.8. The number of ether oxygens (including phenoxy) is 2. The van der Waals surface area contributed by atoms with E-state index >= 15 is 0 Å². The summed E-state index contributed by atoms with van der Waals surface area (Å²) >= 11 is 1.88. The summed E-state index contributed by atoms with van der Waals surface area (Å²) in [6, 6.07) is 6.29. The highest BCUT2D eigenvalue weighted by atomic mass is 32.2. The summed E-state index contributed by atoms with van der Waals surface area (Å²) in [6.07, 6.45) is 1.03. The average molecular weight is 296 g/mol. The van der Waals surface area contributed by atoms with Gasteiger partial charge in [0.15, 0.2) is 0 Å². The standard InChI is InChI=1S/C16H24O3S/c1-13-4-5-14(2)15(8-13)19-6-3-7-20-12-16(9-17)10-18-11-16/h4-5,8,17H,3,6-7,9-12H2,1-2H3. The molecule has 0 spiro atoms. The number of benzene rings is 1. The number of hydrogen-bond acceptors (Lipinski definition) is 4. The Morgan fingerprint density at radius 3 is 2.80 bits per heavy atom. The molecule has 1 aromatic rings. The van der Waals surface area contributed by atoms with Crippen LogP contribution in [0.25, 0.3) is 0 Å². The van der Waals surface area contributed by atoms with E-state index in [9.17, 15) is 5.11 Å². The lowest BCUT2D eigenvalue weighted by atomic mass is 9.90. The zero-order valence-corrected chi connectivity index (χ0v) is 13.2. The van der Waals surface area contributed by atoms with Crippen molar-refractivity contribution in [3.05, 3.63) is 29.3 Å². The predicted molar refractivity (Wildman–Crippen MR) is 83.7 cm³/mol. The molecule has 1 N–H and O–H groups in total. The summed E-state index contributed by atoms with van der Waals surface area (Å²) in [7, 11) is 0. The maximum Gasteiger partial charge on any atom is 0.122 e. The van der Waals surface area contributed by atoms with E-state index < -0.39 is 0 Å². The van der Waals surface area contributed by atoms with Gasteiger partial charge in [0.25, 0.3) is 0 Å². The minimum Gasteiger partial charge on any atom is -0.493 e. The first-order valence-corrected chi connectivity index (χ1v) is 8.27. The van der Waals surface area contributed by atoms with Gasteiger partial charge in [0.2, 0.25) is 0 Å². The van der Waals surface area contributed by atoms with Crippen LogP contribution in [0.15, 0.2) is 18.2 Å². The first kappa shape index (κ1) is 15.7. The van der Waals surface area contributed by atoms with E-state index in [4.69, 9.17) is 9.47 Å². The number of aryl methyl sites for hydroxylation is 2. The molecule has 112 valence electrons. The van der Waals surface area contributed by atoms with E-state index in [0.717, 1.165) is 30.3 Å². The molecule has 1 aromatic carbocycles. The molecule has 1 heterocycles. The van der Waals surface area contributed by atoms with E-state index in [2.05, 4.69) is 32.0 Å². The van der Waals surface area contributed by atoms with Crippen LogP contribution in [-0.2, 0) is 4.74 Å². The SMILES string of the molecule is Cc1ccc(C)c(OCCCSCC2(CO)COC2)c1. The van der Waals surface area contributed by atoms with Gasteiger partial charge < -0.3 is 14.6 Å². The second kappa shape index (κ2) is 7.34. The van der Waals surface area contributed by atoms with Crippen molar-refractivity contribution in [2.75, 3.05) is 37.9 Å². The van der Waals surface area contributed by atoms with Crippen molar-refractivity contribution in [2.45, 2.75) is 20.3 Å². The average Bonchev–Trinajstić information content (AvgIpc) is 2.40. The van der Waals surface area contributed by atoms with Crippen LogP contribution in [0.1, 0.15) is 17.5 Å². The molecule has 1 fully saturated rings. The topological polar surface area (TPSA) is 38.7 Å². The highest BCUT2D eigenvalue weighted by molar-refractivity contribution is 7.99. The molecule has 0 unspecified atom stereocenters. The molecule has 1 aliphatic heterocycles. The van der Waals surface area contributed by atoms with Gasteiger partial charge in [-0.3, -0.25) is 0 Å². The van der Waals surface area contributed by atoms with E-state index in [-0.39, 0.29) is 12.0 Å². The second-order valence-electron chi connectivity index (χ2n) is 5.67. The number of hydrogen-bond donors (Lipinski definition) is 1. The first-order valence-electron chi connectivity index (χ1n) is 7.12. The van der Waals surface area contributed by atoms with Gasteiger partial charge in [-0.05, 0) is 43.2 Å².